The van der Waals surface area contributed by atoms with E-state index in [1.165, 1.54) is 16.4 Å². The normalized spacial score (nSPS) is 14.5. The Bertz CT molecular complexity index is 1090. The van der Waals surface area contributed by atoms with Crippen LogP contribution in [0.5, 0.6) is 5.75 Å². The Hall–Kier alpha value is -2.05. The third kappa shape index (κ3) is 6.97. The quantitative estimate of drug-likeness (QED) is 0.378. The van der Waals surface area contributed by atoms with E-state index in [1.807, 2.05) is 0 Å². The first-order chi connectivity index (χ1) is 15.8. The molecule has 178 valence electrons. The molecule has 0 aliphatic carbocycles. The van der Waals surface area contributed by atoms with Gasteiger partial charge in [-0.25, -0.2) is 8.42 Å². The number of nitrogens with one attached hydrogen (secondary N) is 2. The van der Waals surface area contributed by atoms with Crippen molar-refractivity contribution < 1.29 is 22.7 Å². The second-order valence-electron chi connectivity index (χ2n) is 7.30. The summed E-state index contributed by atoms with van der Waals surface area (Å²) in [5.74, 6) is 0.299. The molecule has 33 heavy (non-hydrogen) atoms. The van der Waals surface area contributed by atoms with Gasteiger partial charge in [0.15, 0.2) is 5.11 Å². The van der Waals surface area contributed by atoms with Gasteiger partial charge in [0.25, 0.3) is 5.91 Å². The van der Waals surface area contributed by atoms with E-state index < -0.39 is 10.0 Å². The summed E-state index contributed by atoms with van der Waals surface area (Å²) in [6.45, 7) is 4.14. The van der Waals surface area contributed by atoms with Gasteiger partial charge in [0.2, 0.25) is 10.0 Å². The number of morpholine rings is 1. The van der Waals surface area contributed by atoms with Crippen LogP contribution in [-0.4, -0.2) is 56.7 Å². The van der Waals surface area contributed by atoms with Gasteiger partial charge in [0.1, 0.15) is 5.75 Å². The number of nitrogens with zero attached hydrogens (tertiary/aromatic N) is 1. The lowest BCUT2D eigenvalue weighted by molar-refractivity contribution is 0.0730. The number of benzene rings is 2. The summed E-state index contributed by atoms with van der Waals surface area (Å²) in [6.07, 6.45) is 1.99. The van der Waals surface area contributed by atoms with Crippen molar-refractivity contribution in [3.63, 3.8) is 0 Å². The van der Waals surface area contributed by atoms with Crippen molar-refractivity contribution in [1.82, 2.24) is 9.62 Å². The molecule has 2 N–H and O–H groups in total. The molecule has 0 radical (unpaired) electrons. The van der Waals surface area contributed by atoms with Crippen molar-refractivity contribution in [1.29, 1.82) is 0 Å². The Labute approximate surface area is 207 Å². The van der Waals surface area contributed by atoms with E-state index in [0.717, 1.165) is 12.8 Å². The van der Waals surface area contributed by atoms with E-state index in [1.54, 1.807) is 30.3 Å². The van der Waals surface area contributed by atoms with Gasteiger partial charge in [-0.3, -0.25) is 10.1 Å². The number of thiocarbonyl (C=S) groups is 1. The molecule has 1 amide bonds. The van der Waals surface area contributed by atoms with Crippen molar-refractivity contribution in [2.24, 2.45) is 0 Å². The van der Waals surface area contributed by atoms with Crippen molar-refractivity contribution in [3.8, 4) is 5.75 Å². The first kappa shape index (κ1) is 25.6. The number of amides is 1. The molecule has 0 aromatic heterocycles. The summed E-state index contributed by atoms with van der Waals surface area (Å²) in [7, 11) is -3.57. The third-order valence-corrected chi connectivity index (χ3v) is 7.63. The van der Waals surface area contributed by atoms with Gasteiger partial charge in [-0.15, -0.1) is 0 Å². The van der Waals surface area contributed by atoms with E-state index in [9.17, 15) is 13.2 Å². The molecule has 1 aliphatic rings. The molecule has 3 rings (SSSR count). The van der Waals surface area contributed by atoms with Gasteiger partial charge < -0.3 is 14.8 Å². The predicted molar refractivity (Wildman–Crippen MR) is 134 cm³/mol. The van der Waals surface area contributed by atoms with Crippen LogP contribution < -0.4 is 15.4 Å². The fourth-order valence-electron chi connectivity index (χ4n) is 3.07. The molecular formula is C22H26BrN3O5S2. The number of carbonyl (C=O) groups is 1. The minimum atomic E-state index is -3.57. The van der Waals surface area contributed by atoms with Crippen LogP contribution in [0.1, 0.15) is 30.1 Å². The molecule has 1 saturated heterocycles. The first-order valence-corrected chi connectivity index (χ1v) is 13.2. The average Bonchev–Trinajstić information content (AvgIpc) is 2.81. The number of halogens is 1. The van der Waals surface area contributed by atoms with Gasteiger partial charge in [-0.05, 0) is 77.0 Å². The van der Waals surface area contributed by atoms with Crippen LogP contribution in [0.2, 0.25) is 0 Å². The number of sulfonamides is 1. The van der Waals surface area contributed by atoms with E-state index in [2.05, 4.69) is 33.5 Å². The van der Waals surface area contributed by atoms with Crippen LogP contribution in [0.4, 0.5) is 5.69 Å². The smallest absolute Gasteiger partial charge is 0.257 e. The highest BCUT2D eigenvalue weighted by Gasteiger charge is 2.26. The van der Waals surface area contributed by atoms with E-state index in [0.29, 0.717) is 54.4 Å². The second-order valence-corrected chi connectivity index (χ2v) is 10.5. The predicted octanol–water partition coefficient (Wildman–Crippen LogP) is 3.78. The SMILES string of the molecule is CCCCOc1ccc(C(=O)NC(=S)Nc2ccc(S(=O)(=O)N3CCOCC3)cc2)cc1Br. The van der Waals surface area contributed by atoms with Crippen LogP contribution in [0, 0.1) is 0 Å². The van der Waals surface area contributed by atoms with E-state index >= 15 is 0 Å². The molecule has 0 bridgehead atoms. The third-order valence-electron chi connectivity index (χ3n) is 4.90. The van der Waals surface area contributed by atoms with Crippen LogP contribution in [0.25, 0.3) is 0 Å². The maximum atomic E-state index is 12.7. The molecule has 0 atom stereocenters. The minimum Gasteiger partial charge on any atom is -0.492 e. The maximum Gasteiger partial charge on any atom is 0.257 e. The van der Waals surface area contributed by atoms with Gasteiger partial charge in [0, 0.05) is 24.3 Å². The zero-order valence-corrected chi connectivity index (χ0v) is 21.4. The molecule has 0 unspecified atom stereocenters. The highest BCUT2D eigenvalue weighted by Crippen LogP contribution is 2.26. The highest BCUT2D eigenvalue weighted by atomic mass is 79.9. The molecule has 8 nitrogen and oxygen atoms in total. The van der Waals surface area contributed by atoms with E-state index in [4.69, 9.17) is 21.7 Å². The lowest BCUT2D eigenvalue weighted by Gasteiger charge is -2.26. The fraction of sp³-hybridized carbons (Fsp3) is 0.364. The number of anilines is 1. The van der Waals surface area contributed by atoms with Crippen molar-refractivity contribution in [2.45, 2.75) is 24.7 Å². The van der Waals surface area contributed by atoms with Crippen LogP contribution >= 0.6 is 28.1 Å². The van der Waals surface area contributed by atoms with Gasteiger partial charge in [-0.2, -0.15) is 4.31 Å². The Balaban J connectivity index is 1.57. The van der Waals surface area contributed by atoms with Gasteiger partial charge in [-0.1, -0.05) is 13.3 Å². The number of ether oxygens (including phenoxy) is 2. The van der Waals surface area contributed by atoms with Gasteiger partial charge >= 0.3 is 0 Å². The first-order valence-electron chi connectivity index (χ1n) is 10.5. The fourth-order valence-corrected chi connectivity index (χ4v) is 5.18. The van der Waals surface area contributed by atoms with Crippen LogP contribution in [0.15, 0.2) is 51.8 Å². The Kier molecular flexibility index (Phi) is 9.21. The lowest BCUT2D eigenvalue weighted by atomic mass is 10.2. The molecule has 0 saturated carbocycles. The Morgan fingerprint density at radius 1 is 1.18 bits per heavy atom. The number of unbranched alkanes of at least 4 members (excludes halogenated alkanes) is 1. The van der Waals surface area contributed by atoms with Gasteiger partial charge in [0.05, 0.1) is 29.2 Å². The lowest BCUT2D eigenvalue weighted by Crippen LogP contribution is -2.40. The summed E-state index contributed by atoms with van der Waals surface area (Å²) < 4.78 is 38.4. The minimum absolute atomic E-state index is 0.100. The summed E-state index contributed by atoms with van der Waals surface area (Å²) in [6, 6.07) is 11.3. The molecule has 1 heterocycles. The molecule has 11 heteroatoms. The molecular weight excluding hydrogens is 530 g/mol. The molecule has 2 aromatic carbocycles. The van der Waals surface area contributed by atoms with E-state index in [-0.39, 0.29) is 15.9 Å². The second kappa shape index (κ2) is 11.9. The summed E-state index contributed by atoms with van der Waals surface area (Å²) in [5, 5.41) is 5.62. The number of hydrogen-bond acceptors (Lipinski definition) is 6. The van der Waals surface area contributed by atoms with Crippen molar-refractivity contribution in [3.05, 3.63) is 52.5 Å². The standard InChI is InChI=1S/C22H26BrN3O5S2/c1-2-3-12-31-20-9-4-16(15-19(20)23)21(27)25-22(32)24-17-5-7-18(8-6-17)33(28,29)26-10-13-30-14-11-26/h4-9,15H,2-3,10-14H2,1H3,(H2,24,25,27,32). The number of rotatable bonds is 8. The average molecular weight is 557 g/mol. The largest absolute Gasteiger partial charge is 0.492 e. The topological polar surface area (TPSA) is 97.0 Å². The monoisotopic (exact) mass is 555 g/mol. The summed E-state index contributed by atoms with van der Waals surface area (Å²) in [5.41, 5.74) is 0.975. The maximum absolute atomic E-state index is 12.7. The van der Waals surface area contributed by atoms with Crippen molar-refractivity contribution >= 4 is 54.9 Å². The van der Waals surface area contributed by atoms with Crippen LogP contribution in [0.3, 0.4) is 0 Å². The summed E-state index contributed by atoms with van der Waals surface area (Å²) in [4.78, 5) is 12.7. The zero-order chi connectivity index (χ0) is 23.8. The van der Waals surface area contributed by atoms with Crippen molar-refractivity contribution in [2.75, 3.05) is 38.2 Å². The Morgan fingerprint density at radius 3 is 2.52 bits per heavy atom. The number of carbonyl (C=O) groups excluding carboxylic acids is 1. The zero-order valence-electron chi connectivity index (χ0n) is 18.2. The molecule has 0 spiro atoms. The molecule has 1 aliphatic heterocycles. The molecule has 1 fully saturated rings. The number of hydrogen-bond donors (Lipinski definition) is 2. The molecule has 2 aromatic rings. The van der Waals surface area contributed by atoms with Crippen LogP contribution in [-0.2, 0) is 14.8 Å². The summed E-state index contributed by atoms with van der Waals surface area (Å²) >= 11 is 8.66. The highest BCUT2D eigenvalue weighted by molar-refractivity contribution is 9.10. The Morgan fingerprint density at radius 2 is 1.88 bits per heavy atom.